The average molecular weight is 380 g/mol. The van der Waals surface area contributed by atoms with Crippen molar-refractivity contribution in [3.8, 4) is 0 Å². The van der Waals surface area contributed by atoms with E-state index in [2.05, 4.69) is 34.5 Å². The third kappa shape index (κ3) is 4.09. The number of hydrogen-bond donors (Lipinski definition) is 1. The molecule has 5 nitrogen and oxygen atoms in total. The zero-order chi connectivity index (χ0) is 20.1. The topological polar surface area (TPSA) is 58.6 Å². The van der Waals surface area contributed by atoms with Crippen LogP contribution in [0.3, 0.4) is 0 Å². The minimum atomic E-state index is -0.708. The Morgan fingerprint density at radius 2 is 1.64 bits per heavy atom. The number of hydrogen-bond acceptors (Lipinski definition) is 4. The fourth-order valence-corrected chi connectivity index (χ4v) is 3.92. The number of nitrogens with zero attached hydrogens (tertiary/aromatic N) is 1. The molecule has 1 N–H and O–H groups in total. The Balaban J connectivity index is 1.81. The number of ether oxygens (including phenoxy) is 1. The summed E-state index contributed by atoms with van der Waals surface area (Å²) in [6, 6.07) is 17.8. The van der Waals surface area contributed by atoms with E-state index >= 15 is 0 Å². The van der Waals surface area contributed by atoms with Crippen molar-refractivity contribution in [2.24, 2.45) is 0 Å². The van der Waals surface area contributed by atoms with E-state index < -0.39 is 17.6 Å². The SMILES string of the molecule is COC(=O)[C@H](C)NC(=O)C1(N(C)CCc2ccccc2)Cc2ccccc2C1. The molecule has 1 aliphatic rings. The lowest BCUT2D eigenvalue weighted by atomic mass is 9.91. The molecule has 5 heteroatoms. The normalized spacial score (nSPS) is 15.7. The van der Waals surface area contributed by atoms with Crippen LogP contribution in [0.4, 0.5) is 0 Å². The fourth-order valence-electron chi connectivity index (χ4n) is 3.92. The minimum absolute atomic E-state index is 0.128. The highest BCUT2D eigenvalue weighted by Gasteiger charge is 2.47. The van der Waals surface area contributed by atoms with Crippen LogP contribution < -0.4 is 5.32 Å². The monoisotopic (exact) mass is 380 g/mol. The summed E-state index contributed by atoms with van der Waals surface area (Å²) in [6.45, 7) is 2.40. The number of esters is 1. The summed E-state index contributed by atoms with van der Waals surface area (Å²) in [7, 11) is 3.33. The molecule has 0 spiro atoms. The highest BCUT2D eigenvalue weighted by molar-refractivity contribution is 5.91. The summed E-state index contributed by atoms with van der Waals surface area (Å²) >= 11 is 0. The first-order valence-corrected chi connectivity index (χ1v) is 9.67. The number of carbonyl (C=O) groups excluding carboxylic acids is 2. The van der Waals surface area contributed by atoms with Gasteiger partial charge in [-0.25, -0.2) is 4.79 Å². The fraction of sp³-hybridized carbons (Fsp3) is 0.391. The molecule has 2 aromatic rings. The molecule has 0 saturated heterocycles. The second-order valence-electron chi connectivity index (χ2n) is 7.53. The van der Waals surface area contributed by atoms with Crippen molar-refractivity contribution >= 4 is 11.9 Å². The van der Waals surface area contributed by atoms with E-state index in [9.17, 15) is 9.59 Å². The van der Waals surface area contributed by atoms with Crippen LogP contribution in [0.15, 0.2) is 54.6 Å². The van der Waals surface area contributed by atoms with Crippen molar-refractivity contribution in [2.45, 2.75) is 37.8 Å². The molecular weight excluding hydrogens is 352 g/mol. The predicted molar refractivity (Wildman–Crippen MR) is 109 cm³/mol. The molecule has 0 aromatic heterocycles. The van der Waals surface area contributed by atoms with Crippen LogP contribution in [0.25, 0.3) is 0 Å². The Kier molecular flexibility index (Phi) is 6.15. The third-order valence-electron chi connectivity index (χ3n) is 5.72. The maximum absolute atomic E-state index is 13.4. The van der Waals surface area contributed by atoms with Crippen LogP contribution in [0.2, 0.25) is 0 Å². The first-order valence-electron chi connectivity index (χ1n) is 9.67. The van der Waals surface area contributed by atoms with Crippen LogP contribution in [0.1, 0.15) is 23.6 Å². The number of benzene rings is 2. The van der Waals surface area contributed by atoms with E-state index in [1.165, 1.54) is 23.8 Å². The number of amides is 1. The number of methoxy groups -OCH3 is 1. The standard InChI is InChI=1S/C23H28N2O3/c1-17(21(26)28-3)24-22(27)23(15-19-11-7-8-12-20(19)16-23)25(2)14-13-18-9-5-4-6-10-18/h4-12,17H,13-16H2,1-3H3,(H,24,27)/t17-/m0/s1. The molecule has 0 saturated carbocycles. The second kappa shape index (κ2) is 8.57. The van der Waals surface area contributed by atoms with Crippen molar-refractivity contribution in [3.05, 3.63) is 71.3 Å². The predicted octanol–water partition coefficient (Wildman–Crippen LogP) is 2.38. The Morgan fingerprint density at radius 1 is 1.07 bits per heavy atom. The number of rotatable bonds is 7. The maximum atomic E-state index is 13.4. The zero-order valence-corrected chi connectivity index (χ0v) is 16.8. The number of likely N-dealkylation sites (N-methyl/N-ethyl adjacent to an activating group) is 1. The van der Waals surface area contributed by atoms with Crippen molar-refractivity contribution in [1.82, 2.24) is 10.2 Å². The van der Waals surface area contributed by atoms with Gasteiger partial charge in [0.05, 0.1) is 7.11 Å². The van der Waals surface area contributed by atoms with Gasteiger partial charge in [-0.2, -0.15) is 0 Å². The van der Waals surface area contributed by atoms with Crippen LogP contribution in [0.5, 0.6) is 0 Å². The van der Waals surface area contributed by atoms with E-state index in [0.717, 1.165) is 13.0 Å². The van der Waals surface area contributed by atoms with Crippen molar-refractivity contribution in [1.29, 1.82) is 0 Å². The molecular formula is C23H28N2O3. The first-order chi connectivity index (χ1) is 13.5. The lowest BCUT2D eigenvalue weighted by molar-refractivity contribution is -0.146. The van der Waals surface area contributed by atoms with Gasteiger partial charge in [0, 0.05) is 19.4 Å². The minimum Gasteiger partial charge on any atom is -0.467 e. The van der Waals surface area contributed by atoms with Gasteiger partial charge in [0.1, 0.15) is 11.6 Å². The Morgan fingerprint density at radius 3 is 2.21 bits per heavy atom. The summed E-state index contributed by atoms with van der Waals surface area (Å²) in [6.07, 6.45) is 2.12. The van der Waals surface area contributed by atoms with Crippen LogP contribution in [-0.2, 0) is 33.6 Å². The van der Waals surface area contributed by atoms with Gasteiger partial charge in [0.2, 0.25) is 5.91 Å². The molecule has 0 heterocycles. The first kappa shape index (κ1) is 20.1. The van der Waals surface area contributed by atoms with E-state index in [1.54, 1.807) is 6.92 Å². The van der Waals surface area contributed by atoms with Gasteiger partial charge in [0.15, 0.2) is 0 Å². The summed E-state index contributed by atoms with van der Waals surface area (Å²) in [4.78, 5) is 27.3. The third-order valence-corrected chi connectivity index (χ3v) is 5.72. The highest BCUT2D eigenvalue weighted by Crippen LogP contribution is 2.34. The Labute approximate surface area is 166 Å². The maximum Gasteiger partial charge on any atom is 0.328 e. The summed E-state index contributed by atoms with van der Waals surface area (Å²) in [5.74, 6) is -0.567. The van der Waals surface area contributed by atoms with Gasteiger partial charge < -0.3 is 10.1 Å². The quantitative estimate of drug-likeness (QED) is 0.750. The van der Waals surface area contributed by atoms with E-state index in [-0.39, 0.29) is 5.91 Å². The van der Waals surface area contributed by atoms with Crippen LogP contribution in [0, 0.1) is 0 Å². The molecule has 0 unspecified atom stereocenters. The molecule has 0 radical (unpaired) electrons. The molecule has 0 bridgehead atoms. The number of fused-ring (bicyclic) bond motifs is 1. The van der Waals surface area contributed by atoms with Gasteiger partial charge in [-0.15, -0.1) is 0 Å². The second-order valence-corrected chi connectivity index (χ2v) is 7.53. The molecule has 1 amide bonds. The molecule has 148 valence electrons. The van der Waals surface area contributed by atoms with Gasteiger partial charge in [-0.05, 0) is 37.1 Å². The van der Waals surface area contributed by atoms with Crippen molar-refractivity contribution < 1.29 is 14.3 Å². The number of nitrogens with one attached hydrogen (secondary N) is 1. The molecule has 1 atom stereocenters. The molecule has 0 fully saturated rings. The van der Waals surface area contributed by atoms with E-state index in [4.69, 9.17) is 4.74 Å². The molecule has 3 rings (SSSR count). The summed E-state index contributed by atoms with van der Waals surface area (Å²) in [5, 5.41) is 2.87. The Bertz CT molecular complexity index is 810. The highest BCUT2D eigenvalue weighted by atomic mass is 16.5. The lowest BCUT2D eigenvalue weighted by Gasteiger charge is -2.38. The van der Waals surface area contributed by atoms with E-state index in [0.29, 0.717) is 12.8 Å². The van der Waals surface area contributed by atoms with Gasteiger partial charge in [0.25, 0.3) is 0 Å². The molecule has 0 aliphatic heterocycles. The van der Waals surface area contributed by atoms with Crippen molar-refractivity contribution in [3.63, 3.8) is 0 Å². The Hall–Kier alpha value is -2.66. The largest absolute Gasteiger partial charge is 0.467 e. The zero-order valence-electron chi connectivity index (χ0n) is 16.8. The van der Waals surface area contributed by atoms with Crippen LogP contribution >= 0.6 is 0 Å². The lowest BCUT2D eigenvalue weighted by Crippen LogP contribution is -2.61. The number of carbonyl (C=O) groups is 2. The smallest absolute Gasteiger partial charge is 0.328 e. The van der Waals surface area contributed by atoms with Gasteiger partial charge in [-0.1, -0.05) is 54.6 Å². The molecule has 2 aromatic carbocycles. The molecule has 28 heavy (non-hydrogen) atoms. The summed E-state index contributed by atoms with van der Waals surface area (Å²) < 4.78 is 4.77. The summed E-state index contributed by atoms with van der Waals surface area (Å²) in [5.41, 5.74) is 2.91. The van der Waals surface area contributed by atoms with Gasteiger partial charge in [-0.3, -0.25) is 9.69 Å². The van der Waals surface area contributed by atoms with Crippen LogP contribution in [-0.4, -0.2) is 49.1 Å². The van der Waals surface area contributed by atoms with Crippen molar-refractivity contribution in [2.75, 3.05) is 20.7 Å². The average Bonchev–Trinajstić information content (AvgIpc) is 3.13. The van der Waals surface area contributed by atoms with Gasteiger partial charge >= 0.3 is 5.97 Å². The van der Waals surface area contributed by atoms with E-state index in [1.807, 2.05) is 37.4 Å². The molecule has 1 aliphatic carbocycles.